The van der Waals surface area contributed by atoms with Crippen LogP contribution in [-0.2, 0) is 6.54 Å². The Hall–Kier alpha value is -2.92. The summed E-state index contributed by atoms with van der Waals surface area (Å²) in [5.74, 6) is -1.02. The SMILES string of the molecule is Cc1ccccc1NC(=O)c1cccn(Cc2c(F)cccc2Cl)c1=O. The predicted octanol–water partition coefficient (Wildman–Crippen LogP) is 4.25. The number of hydrogen-bond acceptors (Lipinski definition) is 2. The molecule has 0 aliphatic carbocycles. The van der Waals surface area contributed by atoms with Gasteiger partial charge in [-0.3, -0.25) is 9.59 Å². The number of hydrogen-bond donors (Lipinski definition) is 1. The van der Waals surface area contributed by atoms with Gasteiger partial charge in [0.25, 0.3) is 11.5 Å². The molecule has 0 aliphatic heterocycles. The van der Waals surface area contributed by atoms with Crippen molar-refractivity contribution in [1.29, 1.82) is 0 Å². The van der Waals surface area contributed by atoms with Crippen molar-refractivity contribution in [2.24, 2.45) is 0 Å². The molecule has 4 nitrogen and oxygen atoms in total. The lowest BCUT2D eigenvalue weighted by Gasteiger charge is -2.11. The molecule has 0 saturated carbocycles. The Labute approximate surface area is 154 Å². The van der Waals surface area contributed by atoms with E-state index in [1.165, 1.54) is 29.0 Å². The quantitative estimate of drug-likeness (QED) is 0.746. The molecular weight excluding hydrogens is 355 g/mol. The molecule has 0 radical (unpaired) electrons. The third kappa shape index (κ3) is 3.68. The third-order valence-corrected chi connectivity index (χ3v) is 4.40. The number of pyridine rings is 1. The number of carbonyl (C=O) groups excluding carboxylic acids is 1. The first kappa shape index (κ1) is 17.9. The number of anilines is 1. The van der Waals surface area contributed by atoms with Crippen molar-refractivity contribution >= 4 is 23.2 Å². The van der Waals surface area contributed by atoms with Gasteiger partial charge < -0.3 is 9.88 Å². The van der Waals surface area contributed by atoms with Gasteiger partial charge in [0.15, 0.2) is 0 Å². The summed E-state index contributed by atoms with van der Waals surface area (Å²) in [4.78, 5) is 25.2. The molecule has 1 N–H and O–H groups in total. The normalized spacial score (nSPS) is 10.6. The third-order valence-electron chi connectivity index (χ3n) is 4.05. The second-order valence-electron chi connectivity index (χ2n) is 5.82. The lowest BCUT2D eigenvalue weighted by molar-refractivity contribution is 0.102. The molecule has 0 aliphatic rings. The summed E-state index contributed by atoms with van der Waals surface area (Å²) in [5.41, 5.74) is 1.17. The number of nitrogens with zero attached hydrogens (tertiary/aromatic N) is 1. The van der Waals surface area contributed by atoms with Gasteiger partial charge in [-0.1, -0.05) is 35.9 Å². The van der Waals surface area contributed by atoms with Crippen molar-refractivity contribution in [2.75, 3.05) is 5.32 Å². The highest BCUT2D eigenvalue weighted by Gasteiger charge is 2.15. The maximum atomic E-state index is 14.0. The van der Waals surface area contributed by atoms with E-state index in [1.807, 2.05) is 19.1 Å². The van der Waals surface area contributed by atoms with Crippen LogP contribution in [0.15, 0.2) is 65.6 Å². The number of benzene rings is 2. The Balaban J connectivity index is 1.91. The van der Waals surface area contributed by atoms with Gasteiger partial charge >= 0.3 is 0 Å². The molecular formula is C20H16ClFN2O2. The van der Waals surface area contributed by atoms with E-state index < -0.39 is 17.3 Å². The summed E-state index contributed by atoms with van der Waals surface area (Å²) < 4.78 is 15.2. The molecule has 132 valence electrons. The van der Waals surface area contributed by atoms with Gasteiger partial charge in [-0.05, 0) is 42.8 Å². The summed E-state index contributed by atoms with van der Waals surface area (Å²) in [6.07, 6.45) is 1.50. The molecule has 2 aromatic carbocycles. The number of rotatable bonds is 4. The second-order valence-corrected chi connectivity index (χ2v) is 6.23. The van der Waals surface area contributed by atoms with E-state index in [2.05, 4.69) is 5.32 Å². The number of halogens is 2. The van der Waals surface area contributed by atoms with Crippen molar-refractivity contribution in [3.63, 3.8) is 0 Å². The van der Waals surface area contributed by atoms with Gasteiger partial charge in [0.05, 0.1) is 6.54 Å². The number of carbonyl (C=O) groups is 1. The van der Waals surface area contributed by atoms with Crippen LogP contribution < -0.4 is 10.9 Å². The highest BCUT2D eigenvalue weighted by atomic mass is 35.5. The number of amides is 1. The molecule has 0 spiro atoms. The first-order valence-electron chi connectivity index (χ1n) is 7.96. The monoisotopic (exact) mass is 370 g/mol. The van der Waals surface area contributed by atoms with Gasteiger partial charge in [-0.15, -0.1) is 0 Å². The largest absolute Gasteiger partial charge is 0.322 e. The number of aryl methyl sites for hydroxylation is 1. The molecule has 0 fully saturated rings. The van der Waals surface area contributed by atoms with Crippen molar-refractivity contribution in [3.8, 4) is 0 Å². The molecule has 1 amide bonds. The van der Waals surface area contributed by atoms with E-state index in [1.54, 1.807) is 24.3 Å². The molecule has 0 unspecified atom stereocenters. The van der Waals surface area contributed by atoms with Crippen molar-refractivity contribution in [1.82, 2.24) is 4.57 Å². The molecule has 3 rings (SSSR count). The first-order valence-corrected chi connectivity index (χ1v) is 8.34. The van der Waals surface area contributed by atoms with Crippen LogP contribution in [0.4, 0.5) is 10.1 Å². The number of para-hydroxylation sites is 1. The zero-order chi connectivity index (χ0) is 18.7. The Kier molecular flexibility index (Phi) is 5.19. The highest BCUT2D eigenvalue weighted by molar-refractivity contribution is 6.31. The van der Waals surface area contributed by atoms with Gasteiger partial charge in [0.2, 0.25) is 0 Å². The lowest BCUT2D eigenvalue weighted by Crippen LogP contribution is -2.29. The molecule has 3 aromatic rings. The molecule has 1 heterocycles. The lowest BCUT2D eigenvalue weighted by atomic mass is 10.1. The van der Waals surface area contributed by atoms with Crippen LogP contribution in [0, 0.1) is 12.7 Å². The molecule has 0 saturated heterocycles. The Morgan fingerprint density at radius 2 is 1.88 bits per heavy atom. The smallest absolute Gasteiger partial charge is 0.263 e. The van der Waals surface area contributed by atoms with Crippen LogP contribution in [0.1, 0.15) is 21.5 Å². The topological polar surface area (TPSA) is 51.1 Å². The fraction of sp³-hybridized carbons (Fsp3) is 0.100. The number of nitrogens with one attached hydrogen (secondary N) is 1. The maximum Gasteiger partial charge on any atom is 0.263 e. The van der Waals surface area contributed by atoms with Gasteiger partial charge in [0.1, 0.15) is 11.4 Å². The van der Waals surface area contributed by atoms with E-state index in [9.17, 15) is 14.0 Å². The van der Waals surface area contributed by atoms with Gasteiger partial charge in [-0.25, -0.2) is 4.39 Å². The van der Waals surface area contributed by atoms with Crippen LogP contribution in [0.5, 0.6) is 0 Å². The van der Waals surface area contributed by atoms with Crippen molar-refractivity contribution < 1.29 is 9.18 Å². The molecule has 0 atom stereocenters. The molecule has 1 aromatic heterocycles. The van der Waals surface area contributed by atoms with Crippen LogP contribution in [0.2, 0.25) is 5.02 Å². The van der Waals surface area contributed by atoms with E-state index >= 15 is 0 Å². The second kappa shape index (κ2) is 7.54. The number of aromatic nitrogens is 1. The average Bonchev–Trinajstić information content (AvgIpc) is 2.61. The van der Waals surface area contributed by atoms with Crippen LogP contribution in [0.25, 0.3) is 0 Å². The summed E-state index contributed by atoms with van der Waals surface area (Å²) >= 11 is 6.02. The molecule has 6 heteroatoms. The molecule has 26 heavy (non-hydrogen) atoms. The minimum atomic E-state index is -0.516. The average molecular weight is 371 g/mol. The first-order chi connectivity index (χ1) is 12.5. The zero-order valence-electron chi connectivity index (χ0n) is 14.0. The van der Waals surface area contributed by atoms with E-state index in [4.69, 9.17) is 11.6 Å². The predicted molar refractivity (Wildman–Crippen MR) is 100 cm³/mol. The Morgan fingerprint density at radius 1 is 1.12 bits per heavy atom. The van der Waals surface area contributed by atoms with E-state index in [0.29, 0.717) is 5.69 Å². The van der Waals surface area contributed by atoms with Crippen LogP contribution >= 0.6 is 11.6 Å². The summed E-state index contributed by atoms with van der Waals surface area (Å²) in [7, 11) is 0. The minimum absolute atomic E-state index is 0.0248. The minimum Gasteiger partial charge on any atom is -0.322 e. The zero-order valence-corrected chi connectivity index (χ0v) is 14.8. The van der Waals surface area contributed by atoms with Crippen LogP contribution in [-0.4, -0.2) is 10.5 Å². The molecule has 0 bridgehead atoms. The van der Waals surface area contributed by atoms with Gasteiger partial charge in [0, 0.05) is 22.5 Å². The van der Waals surface area contributed by atoms with Crippen LogP contribution in [0.3, 0.4) is 0 Å². The fourth-order valence-corrected chi connectivity index (χ4v) is 2.81. The van der Waals surface area contributed by atoms with Crippen molar-refractivity contribution in [3.05, 3.63) is 98.7 Å². The highest BCUT2D eigenvalue weighted by Crippen LogP contribution is 2.19. The standard InChI is InChI=1S/C20H16ClFN2O2/c1-13-6-2-3-10-18(13)23-19(25)14-7-5-11-24(20(14)26)12-15-16(21)8-4-9-17(15)22/h2-11H,12H2,1H3,(H,23,25). The van der Waals surface area contributed by atoms with E-state index in [0.717, 1.165) is 5.56 Å². The summed E-state index contributed by atoms with van der Waals surface area (Å²) in [6, 6.07) is 14.6. The fourth-order valence-electron chi connectivity index (χ4n) is 2.59. The summed E-state index contributed by atoms with van der Waals surface area (Å²) in [6.45, 7) is 1.80. The Morgan fingerprint density at radius 3 is 2.62 bits per heavy atom. The van der Waals surface area contributed by atoms with E-state index in [-0.39, 0.29) is 22.7 Å². The maximum absolute atomic E-state index is 14.0. The summed E-state index contributed by atoms with van der Waals surface area (Å²) in [5, 5.41) is 2.96. The Bertz CT molecular complexity index is 1010. The van der Waals surface area contributed by atoms with Crippen molar-refractivity contribution in [2.45, 2.75) is 13.5 Å². The van der Waals surface area contributed by atoms with Gasteiger partial charge in [-0.2, -0.15) is 0 Å².